The number of hydrogen-bond donors (Lipinski definition) is 0. The predicted molar refractivity (Wildman–Crippen MR) is 70.9 cm³/mol. The molecule has 0 spiro atoms. The Balaban J connectivity index is 2.94. The van der Waals surface area contributed by atoms with E-state index in [4.69, 9.17) is 4.74 Å². The first-order valence-electron chi connectivity index (χ1n) is 6.37. The topological polar surface area (TPSA) is 26.3 Å². The van der Waals surface area contributed by atoms with Crippen molar-refractivity contribution in [1.82, 2.24) is 0 Å². The summed E-state index contributed by atoms with van der Waals surface area (Å²) >= 11 is 0. The maximum absolute atomic E-state index is 12.0. The number of benzene rings is 1. The molecular weight excluding hydrogens is 212 g/mol. The molecular formula is C15H22O2. The molecule has 0 fully saturated rings. The molecule has 0 unspecified atom stereocenters. The number of Topliss-reactive ketones (excluding diaryl/α,β-unsaturated/α-hetero) is 1. The molecule has 0 radical (unpaired) electrons. The summed E-state index contributed by atoms with van der Waals surface area (Å²) in [5, 5.41) is 0. The lowest BCUT2D eigenvalue weighted by molar-refractivity contribution is 0.0979. The summed E-state index contributed by atoms with van der Waals surface area (Å²) in [6, 6.07) is 3.93. The lowest BCUT2D eigenvalue weighted by Gasteiger charge is -2.11. The molecule has 94 valence electrons. The molecule has 0 heterocycles. The van der Waals surface area contributed by atoms with Gasteiger partial charge in [0, 0.05) is 12.0 Å². The minimum Gasteiger partial charge on any atom is -0.494 e. The zero-order chi connectivity index (χ0) is 12.8. The van der Waals surface area contributed by atoms with E-state index in [2.05, 4.69) is 6.92 Å². The number of hydrogen-bond acceptors (Lipinski definition) is 2. The predicted octanol–water partition coefficient (Wildman–Crippen LogP) is 4.08. The van der Waals surface area contributed by atoms with Gasteiger partial charge < -0.3 is 4.74 Å². The Bertz CT molecular complexity index is 394. The summed E-state index contributed by atoms with van der Waals surface area (Å²) in [5.41, 5.74) is 2.90. The summed E-state index contributed by atoms with van der Waals surface area (Å²) in [7, 11) is 0. The normalized spacial score (nSPS) is 10.4. The molecule has 0 saturated heterocycles. The standard InChI is InChI=1S/C15H22O2/c1-5-7-8-14(16)13-9-12(4)15(17-6-2)10-11(13)3/h9-10H,5-8H2,1-4H3. The molecule has 17 heavy (non-hydrogen) atoms. The maximum atomic E-state index is 12.0. The number of carbonyl (C=O) groups excluding carboxylic acids is 1. The van der Waals surface area contributed by atoms with Crippen LogP contribution in [0.1, 0.15) is 54.6 Å². The first-order chi connectivity index (χ1) is 8.10. The Labute approximate surface area is 104 Å². The third-order valence-corrected chi connectivity index (χ3v) is 2.88. The van der Waals surface area contributed by atoms with Gasteiger partial charge in [-0.2, -0.15) is 0 Å². The van der Waals surface area contributed by atoms with E-state index in [9.17, 15) is 4.79 Å². The van der Waals surface area contributed by atoms with Gasteiger partial charge >= 0.3 is 0 Å². The molecule has 0 bridgehead atoms. The first kappa shape index (κ1) is 13.8. The van der Waals surface area contributed by atoms with E-state index in [0.717, 1.165) is 35.3 Å². The summed E-state index contributed by atoms with van der Waals surface area (Å²) in [6.45, 7) is 8.68. The molecule has 1 aromatic carbocycles. The zero-order valence-corrected chi connectivity index (χ0v) is 11.3. The Morgan fingerprint density at radius 2 is 1.88 bits per heavy atom. The van der Waals surface area contributed by atoms with Gasteiger partial charge in [-0.3, -0.25) is 4.79 Å². The number of carbonyl (C=O) groups is 1. The van der Waals surface area contributed by atoms with Crippen molar-refractivity contribution in [3.63, 3.8) is 0 Å². The van der Waals surface area contributed by atoms with Gasteiger partial charge in [0.25, 0.3) is 0 Å². The van der Waals surface area contributed by atoms with Crippen LogP contribution in [0.2, 0.25) is 0 Å². The van der Waals surface area contributed by atoms with E-state index >= 15 is 0 Å². The third-order valence-electron chi connectivity index (χ3n) is 2.88. The van der Waals surface area contributed by atoms with E-state index in [1.54, 1.807) is 0 Å². The van der Waals surface area contributed by atoms with Crippen LogP contribution in [0.5, 0.6) is 5.75 Å². The fourth-order valence-electron chi connectivity index (χ4n) is 1.87. The largest absolute Gasteiger partial charge is 0.494 e. The monoisotopic (exact) mass is 234 g/mol. The zero-order valence-electron chi connectivity index (χ0n) is 11.3. The van der Waals surface area contributed by atoms with Gasteiger partial charge in [0.15, 0.2) is 5.78 Å². The first-order valence-corrected chi connectivity index (χ1v) is 6.37. The van der Waals surface area contributed by atoms with Gasteiger partial charge in [-0.25, -0.2) is 0 Å². The summed E-state index contributed by atoms with van der Waals surface area (Å²) in [5.74, 6) is 1.13. The van der Waals surface area contributed by atoms with Gasteiger partial charge in [0.05, 0.1) is 6.61 Å². The highest BCUT2D eigenvalue weighted by molar-refractivity contribution is 5.97. The van der Waals surface area contributed by atoms with Crippen molar-refractivity contribution in [3.8, 4) is 5.75 Å². The van der Waals surface area contributed by atoms with Crippen LogP contribution in [0.3, 0.4) is 0 Å². The van der Waals surface area contributed by atoms with Crippen molar-refractivity contribution in [2.24, 2.45) is 0 Å². The van der Waals surface area contributed by atoms with Crippen molar-refractivity contribution in [2.75, 3.05) is 6.61 Å². The second-order valence-electron chi connectivity index (χ2n) is 4.39. The van der Waals surface area contributed by atoms with E-state index < -0.39 is 0 Å². The minimum absolute atomic E-state index is 0.246. The highest BCUT2D eigenvalue weighted by atomic mass is 16.5. The summed E-state index contributed by atoms with van der Waals surface area (Å²) < 4.78 is 5.52. The van der Waals surface area contributed by atoms with E-state index in [1.807, 2.05) is 32.9 Å². The van der Waals surface area contributed by atoms with E-state index in [0.29, 0.717) is 13.0 Å². The molecule has 0 aromatic heterocycles. The average Bonchev–Trinajstić information content (AvgIpc) is 2.30. The SMILES string of the molecule is CCCCC(=O)c1cc(C)c(OCC)cc1C. The quantitative estimate of drug-likeness (QED) is 0.693. The van der Waals surface area contributed by atoms with Gasteiger partial charge in [0.1, 0.15) is 5.75 Å². The Morgan fingerprint density at radius 1 is 1.18 bits per heavy atom. The van der Waals surface area contributed by atoms with Crippen LogP contribution in [0.4, 0.5) is 0 Å². The fraction of sp³-hybridized carbons (Fsp3) is 0.533. The molecule has 0 N–H and O–H groups in total. The second-order valence-corrected chi connectivity index (χ2v) is 4.39. The molecule has 0 atom stereocenters. The molecule has 0 amide bonds. The highest BCUT2D eigenvalue weighted by Crippen LogP contribution is 2.24. The Kier molecular flexibility index (Phi) is 5.20. The van der Waals surface area contributed by atoms with Gasteiger partial charge in [0.2, 0.25) is 0 Å². The highest BCUT2D eigenvalue weighted by Gasteiger charge is 2.11. The number of rotatable bonds is 6. The minimum atomic E-state index is 0.246. The molecule has 2 nitrogen and oxygen atoms in total. The lowest BCUT2D eigenvalue weighted by atomic mass is 9.98. The molecule has 1 aromatic rings. The van der Waals surface area contributed by atoms with Gasteiger partial charge in [-0.05, 0) is 50.5 Å². The smallest absolute Gasteiger partial charge is 0.163 e. The van der Waals surface area contributed by atoms with Gasteiger partial charge in [-0.1, -0.05) is 13.3 Å². The van der Waals surface area contributed by atoms with Crippen molar-refractivity contribution in [1.29, 1.82) is 0 Å². The summed E-state index contributed by atoms with van der Waals surface area (Å²) in [4.78, 5) is 12.0. The van der Waals surface area contributed by atoms with Crippen LogP contribution in [0.15, 0.2) is 12.1 Å². The fourth-order valence-corrected chi connectivity index (χ4v) is 1.87. The molecule has 0 aliphatic carbocycles. The van der Waals surface area contributed by atoms with E-state index in [1.165, 1.54) is 0 Å². The van der Waals surface area contributed by atoms with Crippen LogP contribution in [0, 0.1) is 13.8 Å². The van der Waals surface area contributed by atoms with Crippen LogP contribution < -0.4 is 4.74 Å². The van der Waals surface area contributed by atoms with Crippen molar-refractivity contribution < 1.29 is 9.53 Å². The Morgan fingerprint density at radius 3 is 2.47 bits per heavy atom. The molecule has 0 aliphatic rings. The number of unbranched alkanes of at least 4 members (excludes halogenated alkanes) is 1. The van der Waals surface area contributed by atoms with Crippen molar-refractivity contribution >= 4 is 5.78 Å². The lowest BCUT2D eigenvalue weighted by Crippen LogP contribution is -2.04. The molecule has 1 rings (SSSR count). The van der Waals surface area contributed by atoms with Crippen molar-refractivity contribution in [3.05, 3.63) is 28.8 Å². The van der Waals surface area contributed by atoms with E-state index in [-0.39, 0.29) is 5.78 Å². The van der Waals surface area contributed by atoms with Crippen LogP contribution in [-0.2, 0) is 0 Å². The molecule has 0 aliphatic heterocycles. The van der Waals surface area contributed by atoms with Crippen molar-refractivity contribution in [2.45, 2.75) is 47.0 Å². The summed E-state index contributed by atoms with van der Waals surface area (Å²) in [6.07, 6.45) is 2.66. The number of ketones is 1. The maximum Gasteiger partial charge on any atom is 0.163 e. The Hall–Kier alpha value is -1.31. The molecule has 2 heteroatoms. The number of aryl methyl sites for hydroxylation is 2. The van der Waals surface area contributed by atoms with Crippen LogP contribution in [-0.4, -0.2) is 12.4 Å². The molecule has 0 saturated carbocycles. The average molecular weight is 234 g/mol. The second kappa shape index (κ2) is 6.43. The third kappa shape index (κ3) is 3.58. The van der Waals surface area contributed by atoms with Crippen LogP contribution >= 0.6 is 0 Å². The van der Waals surface area contributed by atoms with Gasteiger partial charge in [-0.15, -0.1) is 0 Å². The van der Waals surface area contributed by atoms with Crippen LogP contribution in [0.25, 0.3) is 0 Å². The number of ether oxygens (including phenoxy) is 1.